The van der Waals surface area contributed by atoms with Crippen molar-refractivity contribution in [1.29, 1.82) is 0 Å². The first-order valence-corrected chi connectivity index (χ1v) is 16.6. The molecule has 1 N–H and O–H groups in total. The summed E-state index contributed by atoms with van der Waals surface area (Å²) in [4.78, 5) is 64.5. The van der Waals surface area contributed by atoms with Gasteiger partial charge in [-0.3, -0.25) is 24.0 Å². The number of nitrogens with one attached hydrogen (secondary N) is 1. The molecule has 1 aliphatic heterocycles. The average molecular weight is 610 g/mol. The van der Waals surface area contributed by atoms with Crippen molar-refractivity contribution < 1.29 is 33.4 Å². The van der Waals surface area contributed by atoms with Crippen LogP contribution in [-0.4, -0.2) is 84.9 Å². The molecule has 0 radical (unpaired) electrons. The van der Waals surface area contributed by atoms with Gasteiger partial charge in [0.1, 0.15) is 6.61 Å². The number of esters is 2. The van der Waals surface area contributed by atoms with Crippen LogP contribution in [0.1, 0.15) is 131 Å². The van der Waals surface area contributed by atoms with Gasteiger partial charge in [-0.1, -0.05) is 97.8 Å². The number of piperazine rings is 1. The average Bonchev–Trinajstić information content (AvgIpc) is 2.97. The van der Waals surface area contributed by atoms with Crippen LogP contribution in [0.25, 0.3) is 0 Å². The summed E-state index contributed by atoms with van der Waals surface area (Å²) >= 11 is 0. The Bertz CT molecular complexity index is 853. The number of hydrogen-bond donors (Lipinski definition) is 1. The van der Waals surface area contributed by atoms with E-state index in [-0.39, 0.29) is 31.4 Å². The van der Waals surface area contributed by atoms with Crippen LogP contribution in [0.3, 0.4) is 0 Å². The zero-order valence-electron chi connectivity index (χ0n) is 27.7. The topological polar surface area (TPSA) is 122 Å². The zero-order valence-corrected chi connectivity index (χ0v) is 27.7. The summed E-state index contributed by atoms with van der Waals surface area (Å²) in [5, 5.41) is 2.67. The van der Waals surface area contributed by atoms with Crippen molar-refractivity contribution in [3.63, 3.8) is 0 Å². The quantitative estimate of drug-likeness (QED) is 0.133. The van der Waals surface area contributed by atoms with Gasteiger partial charge in [0.15, 0.2) is 6.10 Å². The predicted molar refractivity (Wildman–Crippen MR) is 167 cm³/mol. The van der Waals surface area contributed by atoms with Crippen LogP contribution in [0, 0.1) is 5.41 Å². The van der Waals surface area contributed by atoms with Crippen molar-refractivity contribution in [3.8, 4) is 0 Å². The Labute approximate surface area is 260 Å². The molecule has 0 aromatic heterocycles. The molecule has 0 spiro atoms. The molecule has 1 aliphatic rings. The minimum Gasteiger partial charge on any atom is -0.465 e. The molecule has 1 fully saturated rings. The van der Waals surface area contributed by atoms with Crippen molar-refractivity contribution in [3.05, 3.63) is 0 Å². The van der Waals surface area contributed by atoms with Crippen molar-refractivity contribution in [2.45, 2.75) is 137 Å². The van der Waals surface area contributed by atoms with Gasteiger partial charge in [0.2, 0.25) is 11.8 Å². The summed E-state index contributed by atoms with van der Waals surface area (Å²) in [6.45, 7) is 10.0. The Morgan fingerprint density at radius 2 is 1.12 bits per heavy atom. The third kappa shape index (κ3) is 17.3. The lowest BCUT2D eigenvalue weighted by Crippen LogP contribution is -2.51. The molecule has 1 atom stereocenters. The van der Waals surface area contributed by atoms with Gasteiger partial charge in [-0.15, -0.1) is 0 Å². The van der Waals surface area contributed by atoms with E-state index in [1.54, 1.807) is 18.7 Å². The molecule has 1 saturated heterocycles. The van der Waals surface area contributed by atoms with E-state index in [4.69, 9.17) is 9.47 Å². The Morgan fingerprint density at radius 1 is 0.674 bits per heavy atom. The molecule has 3 amide bonds. The summed E-state index contributed by atoms with van der Waals surface area (Å²) in [5.74, 6) is -1.62. The van der Waals surface area contributed by atoms with E-state index in [2.05, 4.69) is 12.2 Å². The van der Waals surface area contributed by atoms with Crippen molar-refractivity contribution in [2.75, 3.05) is 39.3 Å². The lowest BCUT2D eigenvalue weighted by Gasteiger charge is -2.35. The number of rotatable bonds is 22. The number of amides is 3. The number of hydrogen-bond acceptors (Lipinski definition) is 7. The molecule has 10 heteroatoms. The van der Waals surface area contributed by atoms with Gasteiger partial charge in [0.05, 0.1) is 0 Å². The van der Waals surface area contributed by atoms with Crippen molar-refractivity contribution in [1.82, 2.24) is 15.1 Å². The van der Waals surface area contributed by atoms with E-state index < -0.39 is 29.4 Å². The fourth-order valence-corrected chi connectivity index (χ4v) is 5.30. The normalized spacial score (nSPS) is 14.3. The number of carbonyl (C=O) groups excluding carboxylic acids is 5. The van der Waals surface area contributed by atoms with Gasteiger partial charge in [-0.2, -0.15) is 0 Å². The minimum atomic E-state index is -1.18. The summed E-state index contributed by atoms with van der Waals surface area (Å²) in [7, 11) is 0. The van der Waals surface area contributed by atoms with Crippen LogP contribution in [0.15, 0.2) is 0 Å². The molecule has 10 nitrogen and oxygen atoms in total. The maximum Gasteiger partial charge on any atom is 0.303 e. The number of ether oxygens (including phenoxy) is 2. The highest BCUT2D eigenvalue weighted by molar-refractivity contribution is 5.85. The zero-order chi connectivity index (χ0) is 32.1. The SMILES string of the molecule is CCCCCCCCCCCCCCCC(=O)N1CCN(C(=O)CCNC(=O)C(OC(C)=O)C(C)(C)COC(C)=O)CC1. The smallest absolute Gasteiger partial charge is 0.303 e. The first-order valence-electron chi connectivity index (χ1n) is 16.6. The highest BCUT2D eigenvalue weighted by Crippen LogP contribution is 2.25. The lowest BCUT2D eigenvalue weighted by atomic mass is 9.86. The van der Waals surface area contributed by atoms with Gasteiger partial charge in [0, 0.05) is 64.8 Å². The fourth-order valence-electron chi connectivity index (χ4n) is 5.30. The Kier molecular flexibility index (Phi) is 19.6. The molecule has 43 heavy (non-hydrogen) atoms. The molecule has 0 aromatic carbocycles. The van der Waals surface area contributed by atoms with Crippen LogP contribution in [0.2, 0.25) is 0 Å². The third-order valence-corrected chi connectivity index (χ3v) is 8.00. The molecule has 0 aromatic rings. The first kappa shape index (κ1) is 38.4. The van der Waals surface area contributed by atoms with Crippen LogP contribution in [0.5, 0.6) is 0 Å². The Hall–Kier alpha value is -2.65. The maximum absolute atomic E-state index is 12.8. The molecule has 0 aliphatic carbocycles. The van der Waals surface area contributed by atoms with E-state index in [0.717, 1.165) is 12.8 Å². The summed E-state index contributed by atoms with van der Waals surface area (Å²) in [6, 6.07) is 0. The number of carbonyl (C=O) groups is 5. The molecular weight excluding hydrogens is 550 g/mol. The Morgan fingerprint density at radius 3 is 1.56 bits per heavy atom. The maximum atomic E-state index is 12.8. The molecule has 1 unspecified atom stereocenters. The highest BCUT2D eigenvalue weighted by atomic mass is 16.6. The standard InChI is InChI=1S/C33H59N3O7/c1-6-7-8-9-10-11-12-13-14-15-16-17-18-19-29(39)35-22-24-36(25-23-35)30(40)20-21-34-32(41)31(43-28(3)38)33(4,5)26-42-27(2)37/h31H,6-26H2,1-5H3,(H,34,41). The van der Waals surface area contributed by atoms with Crippen LogP contribution in [0.4, 0.5) is 0 Å². The van der Waals surface area contributed by atoms with E-state index in [9.17, 15) is 24.0 Å². The summed E-state index contributed by atoms with van der Waals surface area (Å²) in [5.41, 5.74) is -0.957. The monoisotopic (exact) mass is 609 g/mol. The van der Waals surface area contributed by atoms with Gasteiger partial charge in [0.25, 0.3) is 5.91 Å². The summed E-state index contributed by atoms with van der Waals surface area (Å²) in [6.07, 6.45) is 16.1. The molecule has 1 heterocycles. The fraction of sp³-hybridized carbons (Fsp3) is 0.848. The van der Waals surface area contributed by atoms with Crippen LogP contribution < -0.4 is 5.32 Å². The van der Waals surface area contributed by atoms with E-state index in [0.29, 0.717) is 32.6 Å². The Balaban J connectivity index is 2.22. The second-order valence-electron chi connectivity index (χ2n) is 12.6. The third-order valence-electron chi connectivity index (χ3n) is 8.00. The molecule has 0 saturated carbocycles. The van der Waals surface area contributed by atoms with Crippen LogP contribution >= 0.6 is 0 Å². The van der Waals surface area contributed by atoms with Crippen molar-refractivity contribution >= 4 is 29.7 Å². The first-order chi connectivity index (χ1) is 20.5. The predicted octanol–water partition coefficient (Wildman–Crippen LogP) is 5.17. The largest absolute Gasteiger partial charge is 0.465 e. The molecular formula is C33H59N3O7. The van der Waals surface area contributed by atoms with Gasteiger partial charge < -0.3 is 24.6 Å². The molecule has 1 rings (SSSR count). The summed E-state index contributed by atoms with van der Waals surface area (Å²) < 4.78 is 10.3. The van der Waals surface area contributed by atoms with Gasteiger partial charge in [-0.25, -0.2) is 0 Å². The lowest BCUT2D eigenvalue weighted by molar-refractivity contribution is -0.166. The second-order valence-corrected chi connectivity index (χ2v) is 12.6. The minimum absolute atomic E-state index is 0.0806. The van der Waals surface area contributed by atoms with Gasteiger partial charge >= 0.3 is 11.9 Å². The van der Waals surface area contributed by atoms with Gasteiger partial charge in [-0.05, 0) is 6.42 Å². The van der Waals surface area contributed by atoms with Crippen LogP contribution in [-0.2, 0) is 33.4 Å². The van der Waals surface area contributed by atoms with E-state index in [1.165, 1.54) is 84.5 Å². The number of unbranched alkanes of at least 4 members (excludes halogenated alkanes) is 12. The van der Waals surface area contributed by atoms with Crippen molar-refractivity contribution in [2.24, 2.45) is 5.41 Å². The van der Waals surface area contributed by atoms with E-state index >= 15 is 0 Å². The molecule has 0 bridgehead atoms. The highest BCUT2D eigenvalue weighted by Gasteiger charge is 2.39. The molecule has 248 valence electrons. The van der Waals surface area contributed by atoms with E-state index in [1.807, 2.05) is 4.90 Å². The second kappa shape index (κ2) is 21.9. The number of nitrogens with zero attached hydrogens (tertiary/aromatic N) is 2.